The number of ether oxygens (including phenoxy) is 1. The fourth-order valence-electron chi connectivity index (χ4n) is 2.11. The Morgan fingerprint density at radius 2 is 1.96 bits per heavy atom. The van der Waals surface area contributed by atoms with E-state index in [2.05, 4.69) is 10.2 Å². The van der Waals surface area contributed by atoms with Gasteiger partial charge < -0.3 is 9.84 Å². The lowest BCUT2D eigenvalue weighted by atomic mass is 10.1. The van der Waals surface area contributed by atoms with Gasteiger partial charge in [0.15, 0.2) is 5.69 Å². The van der Waals surface area contributed by atoms with Gasteiger partial charge in [-0.1, -0.05) is 0 Å². The first kappa shape index (κ1) is 17.9. The monoisotopic (exact) mass is 340 g/mol. The number of pyridine rings is 1. The molecular weight excluding hydrogens is 324 g/mol. The number of hydrogen-bond donors (Lipinski definition) is 1. The Balaban J connectivity index is 2.38. The van der Waals surface area contributed by atoms with Crippen molar-refractivity contribution in [1.82, 2.24) is 4.57 Å². The predicted octanol–water partition coefficient (Wildman–Crippen LogP) is 2.86. The highest BCUT2D eigenvalue weighted by Gasteiger charge is 2.16. The second-order valence-electron chi connectivity index (χ2n) is 5.12. The Morgan fingerprint density at radius 1 is 1.32 bits per heavy atom. The number of rotatable bonds is 4. The number of carbonyl (C=O) groups excluding carboxylic acids is 1. The van der Waals surface area contributed by atoms with Crippen LogP contribution in [0.4, 0.5) is 11.4 Å². The van der Waals surface area contributed by atoms with Crippen LogP contribution in [-0.4, -0.2) is 22.2 Å². The molecule has 1 heterocycles. The normalized spacial score (nSPS) is 10.6. The molecule has 0 aliphatic heterocycles. The summed E-state index contributed by atoms with van der Waals surface area (Å²) < 4.78 is 5.82. The average molecular weight is 340 g/mol. The van der Waals surface area contributed by atoms with Crippen molar-refractivity contribution in [3.63, 3.8) is 0 Å². The fraction of sp³-hybridized carbons (Fsp3) is 0.235. The molecule has 0 bridgehead atoms. The largest absolute Gasteiger partial charge is 0.493 e. The molecule has 1 N–H and O–H groups in total. The van der Waals surface area contributed by atoms with Crippen LogP contribution in [0.15, 0.2) is 39.3 Å². The topological polar surface area (TPSA) is 117 Å². The molecule has 1 aromatic carbocycles. The second-order valence-corrected chi connectivity index (χ2v) is 5.12. The Bertz CT molecular complexity index is 937. The number of azo groups is 1. The zero-order valence-corrected chi connectivity index (χ0v) is 14.0. The van der Waals surface area contributed by atoms with Crippen LogP contribution >= 0.6 is 0 Å². The number of nitrogens with zero attached hydrogens (tertiary/aromatic N) is 4. The lowest BCUT2D eigenvalue weighted by molar-refractivity contribution is 0.0526. The van der Waals surface area contributed by atoms with E-state index < -0.39 is 17.4 Å². The summed E-state index contributed by atoms with van der Waals surface area (Å²) in [5.41, 5.74) is 0.404. The summed E-state index contributed by atoms with van der Waals surface area (Å²) in [5.74, 6) is -0.851. The van der Waals surface area contributed by atoms with Gasteiger partial charge in [-0.2, -0.15) is 10.4 Å². The van der Waals surface area contributed by atoms with Gasteiger partial charge in [-0.05, 0) is 38.1 Å². The number of nitriles is 1. The van der Waals surface area contributed by atoms with Crippen molar-refractivity contribution in [3.05, 3.63) is 51.3 Å². The number of benzene rings is 1. The van der Waals surface area contributed by atoms with Crippen LogP contribution in [0.1, 0.15) is 28.4 Å². The highest BCUT2D eigenvalue weighted by atomic mass is 16.5. The van der Waals surface area contributed by atoms with Crippen LogP contribution in [-0.2, 0) is 11.8 Å². The molecule has 1 aromatic heterocycles. The first-order valence-electron chi connectivity index (χ1n) is 7.42. The quantitative estimate of drug-likeness (QED) is 0.678. The minimum absolute atomic E-state index is 0.0336. The molecule has 8 heteroatoms. The van der Waals surface area contributed by atoms with E-state index in [0.717, 1.165) is 4.57 Å². The molecule has 8 nitrogen and oxygen atoms in total. The second kappa shape index (κ2) is 7.40. The number of carbonyl (C=O) groups is 1. The highest BCUT2D eigenvalue weighted by molar-refractivity contribution is 5.89. The van der Waals surface area contributed by atoms with Gasteiger partial charge in [-0.3, -0.25) is 9.36 Å². The molecule has 0 spiro atoms. The zero-order valence-electron chi connectivity index (χ0n) is 14.0. The number of aromatic nitrogens is 1. The third-order valence-electron chi connectivity index (χ3n) is 3.53. The molecule has 0 aliphatic carbocycles. The number of aromatic hydroxyl groups is 1. The molecule has 2 rings (SSSR count). The molecule has 0 atom stereocenters. The van der Waals surface area contributed by atoms with Gasteiger partial charge in [0.2, 0.25) is 5.88 Å². The van der Waals surface area contributed by atoms with E-state index in [-0.39, 0.29) is 23.4 Å². The smallest absolute Gasteiger partial charge is 0.338 e. The predicted molar refractivity (Wildman–Crippen MR) is 89.4 cm³/mol. The molecule has 0 unspecified atom stereocenters. The van der Waals surface area contributed by atoms with Crippen LogP contribution in [0.5, 0.6) is 5.88 Å². The van der Waals surface area contributed by atoms with Crippen molar-refractivity contribution in [2.45, 2.75) is 13.8 Å². The number of hydrogen-bond acceptors (Lipinski definition) is 7. The van der Waals surface area contributed by atoms with E-state index in [9.17, 15) is 14.7 Å². The summed E-state index contributed by atoms with van der Waals surface area (Å²) in [6.45, 7) is 3.51. The van der Waals surface area contributed by atoms with Gasteiger partial charge in [-0.25, -0.2) is 4.79 Å². The molecule has 0 aliphatic rings. The maximum absolute atomic E-state index is 12.2. The lowest BCUT2D eigenvalue weighted by Gasteiger charge is -2.08. The molecule has 0 amide bonds. The maximum atomic E-state index is 12.2. The first-order chi connectivity index (χ1) is 11.9. The van der Waals surface area contributed by atoms with Crippen molar-refractivity contribution in [3.8, 4) is 11.9 Å². The minimum Gasteiger partial charge on any atom is -0.493 e. The summed E-state index contributed by atoms with van der Waals surface area (Å²) in [4.78, 5) is 23.8. The summed E-state index contributed by atoms with van der Waals surface area (Å²) in [7, 11) is 1.34. The Morgan fingerprint density at radius 3 is 2.52 bits per heavy atom. The molecule has 0 radical (unpaired) electrons. The van der Waals surface area contributed by atoms with Crippen LogP contribution in [0.3, 0.4) is 0 Å². The van der Waals surface area contributed by atoms with Crippen molar-refractivity contribution < 1.29 is 14.6 Å². The molecular formula is C17H16N4O4. The molecule has 0 saturated heterocycles. The molecule has 0 fully saturated rings. The summed E-state index contributed by atoms with van der Waals surface area (Å²) in [5, 5.41) is 26.8. The van der Waals surface area contributed by atoms with E-state index in [0.29, 0.717) is 11.3 Å². The van der Waals surface area contributed by atoms with Gasteiger partial charge in [0, 0.05) is 12.6 Å². The fourth-order valence-corrected chi connectivity index (χ4v) is 2.11. The van der Waals surface area contributed by atoms with Crippen LogP contribution in [0.2, 0.25) is 0 Å². The highest BCUT2D eigenvalue weighted by Crippen LogP contribution is 2.26. The first-order valence-corrected chi connectivity index (χ1v) is 7.42. The summed E-state index contributed by atoms with van der Waals surface area (Å²) in [6, 6.07) is 8.03. The van der Waals surface area contributed by atoms with Gasteiger partial charge in [0.25, 0.3) is 5.56 Å². The Hall–Kier alpha value is -3.47. The van der Waals surface area contributed by atoms with Crippen LogP contribution in [0.25, 0.3) is 0 Å². The molecule has 0 saturated carbocycles. The zero-order chi connectivity index (χ0) is 18.6. The average Bonchev–Trinajstić information content (AvgIpc) is 2.61. The molecule has 25 heavy (non-hydrogen) atoms. The Labute approximate surface area is 143 Å². The van der Waals surface area contributed by atoms with Gasteiger partial charge in [-0.15, -0.1) is 5.11 Å². The van der Waals surface area contributed by atoms with Crippen molar-refractivity contribution in [1.29, 1.82) is 5.26 Å². The molecule has 128 valence electrons. The van der Waals surface area contributed by atoms with Gasteiger partial charge >= 0.3 is 5.97 Å². The SMILES string of the molecule is CCOC(=O)c1ccc(N=Nc2c(C)c(C#N)c(O)n(C)c2=O)cc1. The van der Waals surface area contributed by atoms with Crippen LogP contribution in [0, 0.1) is 18.3 Å². The summed E-state index contributed by atoms with van der Waals surface area (Å²) >= 11 is 0. The minimum atomic E-state index is -0.569. The maximum Gasteiger partial charge on any atom is 0.338 e. The van der Waals surface area contributed by atoms with E-state index in [1.165, 1.54) is 26.1 Å². The number of esters is 1. The van der Waals surface area contributed by atoms with Gasteiger partial charge in [0.05, 0.1) is 17.9 Å². The van der Waals surface area contributed by atoms with Crippen molar-refractivity contribution in [2.24, 2.45) is 17.3 Å². The van der Waals surface area contributed by atoms with Crippen molar-refractivity contribution in [2.75, 3.05) is 6.61 Å². The lowest BCUT2D eigenvalue weighted by Crippen LogP contribution is -2.18. The third kappa shape index (κ3) is 3.55. The summed E-state index contributed by atoms with van der Waals surface area (Å²) in [6.07, 6.45) is 0. The van der Waals surface area contributed by atoms with E-state index in [1.54, 1.807) is 19.1 Å². The third-order valence-corrected chi connectivity index (χ3v) is 3.53. The van der Waals surface area contributed by atoms with E-state index in [4.69, 9.17) is 10.00 Å². The van der Waals surface area contributed by atoms with Gasteiger partial charge in [0.1, 0.15) is 11.6 Å². The van der Waals surface area contributed by atoms with E-state index >= 15 is 0 Å². The van der Waals surface area contributed by atoms with Crippen LogP contribution < -0.4 is 5.56 Å². The molecule has 2 aromatic rings. The van der Waals surface area contributed by atoms with Crippen molar-refractivity contribution >= 4 is 17.3 Å². The van der Waals surface area contributed by atoms with E-state index in [1.807, 2.05) is 6.07 Å². The Kier molecular flexibility index (Phi) is 5.29. The standard InChI is InChI=1S/C17H16N4O4/c1-4-25-17(24)11-5-7-12(8-6-11)19-20-14-10(2)13(9-18)15(22)21(3)16(14)23/h5-8,22H,4H2,1-3H3.